The molecule has 1 aliphatic heterocycles. The van der Waals surface area contributed by atoms with Crippen LogP contribution in [-0.4, -0.2) is 29.2 Å². The highest BCUT2D eigenvalue weighted by molar-refractivity contribution is 6.29. The number of hydrogen-bond acceptors (Lipinski definition) is 4. The molecule has 0 radical (unpaired) electrons. The van der Waals surface area contributed by atoms with Crippen LogP contribution in [0.3, 0.4) is 0 Å². The molecular formula is C9H12ClN3O. The molecule has 5 heteroatoms. The van der Waals surface area contributed by atoms with Crippen molar-refractivity contribution in [2.75, 3.05) is 13.1 Å². The van der Waals surface area contributed by atoms with E-state index in [-0.39, 0.29) is 6.10 Å². The molecule has 0 spiro atoms. The predicted octanol–water partition coefficient (Wildman–Crippen LogP) is 1.26. The van der Waals surface area contributed by atoms with Crippen LogP contribution in [0.25, 0.3) is 0 Å². The number of nitrogens with one attached hydrogen (secondary N) is 1. The summed E-state index contributed by atoms with van der Waals surface area (Å²) >= 11 is 5.70. The molecule has 0 aliphatic carbocycles. The van der Waals surface area contributed by atoms with Gasteiger partial charge in [0, 0.05) is 0 Å². The maximum atomic E-state index is 5.70. The lowest BCUT2D eigenvalue weighted by molar-refractivity contribution is 0.155. The van der Waals surface area contributed by atoms with E-state index in [2.05, 4.69) is 15.3 Å². The second kappa shape index (κ2) is 4.57. The molecule has 14 heavy (non-hydrogen) atoms. The summed E-state index contributed by atoms with van der Waals surface area (Å²) in [6.45, 7) is 2.00. The van der Waals surface area contributed by atoms with Crippen LogP contribution in [0.15, 0.2) is 12.4 Å². The fourth-order valence-electron chi connectivity index (χ4n) is 1.47. The van der Waals surface area contributed by atoms with Crippen LogP contribution in [0.4, 0.5) is 0 Å². The van der Waals surface area contributed by atoms with Gasteiger partial charge in [-0.3, -0.25) is 4.98 Å². The molecule has 1 fully saturated rings. The lowest BCUT2D eigenvalue weighted by Gasteiger charge is -2.22. The molecule has 0 bridgehead atoms. The van der Waals surface area contributed by atoms with E-state index >= 15 is 0 Å². The monoisotopic (exact) mass is 213 g/mol. The minimum absolute atomic E-state index is 0.240. The number of hydrogen-bond donors (Lipinski definition) is 1. The summed E-state index contributed by atoms with van der Waals surface area (Å²) in [4.78, 5) is 7.94. The molecule has 1 saturated heterocycles. The Balaban J connectivity index is 1.95. The number of halogens is 1. The fourth-order valence-corrected chi connectivity index (χ4v) is 1.61. The third-order valence-corrected chi connectivity index (χ3v) is 2.34. The highest BCUT2D eigenvalue weighted by Crippen LogP contribution is 2.14. The average Bonchev–Trinajstić information content (AvgIpc) is 2.19. The fraction of sp³-hybridized carbons (Fsp3) is 0.556. The Morgan fingerprint density at radius 2 is 2.14 bits per heavy atom. The first kappa shape index (κ1) is 9.68. The zero-order valence-electron chi connectivity index (χ0n) is 7.74. The van der Waals surface area contributed by atoms with Gasteiger partial charge in [0.2, 0.25) is 5.88 Å². The van der Waals surface area contributed by atoms with Crippen LogP contribution >= 0.6 is 11.6 Å². The van der Waals surface area contributed by atoms with E-state index in [1.807, 2.05) is 0 Å². The first-order chi connectivity index (χ1) is 6.84. The van der Waals surface area contributed by atoms with Crippen LogP contribution in [0.5, 0.6) is 5.88 Å². The third kappa shape index (κ3) is 2.56. The Hall–Kier alpha value is -0.870. The summed E-state index contributed by atoms with van der Waals surface area (Å²) in [5.41, 5.74) is 0. The van der Waals surface area contributed by atoms with Crippen molar-refractivity contribution in [3.05, 3.63) is 17.5 Å². The van der Waals surface area contributed by atoms with Gasteiger partial charge in [0.25, 0.3) is 0 Å². The maximum Gasteiger partial charge on any atom is 0.234 e. The Labute approximate surface area is 87.7 Å². The van der Waals surface area contributed by atoms with Gasteiger partial charge in [0.15, 0.2) is 5.15 Å². The largest absolute Gasteiger partial charge is 0.473 e. The van der Waals surface area contributed by atoms with Crippen molar-refractivity contribution in [1.29, 1.82) is 0 Å². The molecule has 1 aliphatic rings. The Kier molecular flexibility index (Phi) is 3.16. The van der Waals surface area contributed by atoms with E-state index in [1.165, 1.54) is 6.20 Å². The zero-order chi connectivity index (χ0) is 9.80. The van der Waals surface area contributed by atoms with Crippen molar-refractivity contribution in [2.24, 2.45) is 0 Å². The average molecular weight is 214 g/mol. The summed E-state index contributed by atoms with van der Waals surface area (Å²) in [5.74, 6) is 0.518. The molecule has 0 amide bonds. The van der Waals surface area contributed by atoms with Crippen LogP contribution < -0.4 is 10.1 Å². The normalized spacial score (nSPS) is 18.1. The first-order valence-corrected chi connectivity index (χ1v) is 5.07. The summed E-state index contributed by atoms with van der Waals surface area (Å²) in [6.07, 6.45) is 5.34. The predicted molar refractivity (Wildman–Crippen MR) is 53.6 cm³/mol. The van der Waals surface area contributed by atoms with Gasteiger partial charge in [-0.2, -0.15) is 4.98 Å². The quantitative estimate of drug-likeness (QED) is 0.804. The van der Waals surface area contributed by atoms with Crippen LogP contribution in [0.1, 0.15) is 12.8 Å². The Morgan fingerprint density at radius 3 is 2.86 bits per heavy atom. The molecule has 2 rings (SSSR count). The molecule has 0 unspecified atom stereocenters. The van der Waals surface area contributed by atoms with Gasteiger partial charge in [-0.25, -0.2) is 0 Å². The van der Waals surface area contributed by atoms with Crippen LogP contribution in [0, 0.1) is 0 Å². The number of ether oxygens (including phenoxy) is 1. The molecule has 0 aromatic carbocycles. The highest BCUT2D eigenvalue weighted by atomic mass is 35.5. The van der Waals surface area contributed by atoms with Crippen molar-refractivity contribution in [1.82, 2.24) is 15.3 Å². The molecule has 76 valence electrons. The van der Waals surface area contributed by atoms with E-state index in [0.29, 0.717) is 11.0 Å². The molecule has 0 saturated carbocycles. The van der Waals surface area contributed by atoms with Crippen LogP contribution in [0.2, 0.25) is 5.15 Å². The van der Waals surface area contributed by atoms with Crippen molar-refractivity contribution < 1.29 is 4.74 Å². The number of nitrogens with zero attached hydrogens (tertiary/aromatic N) is 2. The van der Waals surface area contributed by atoms with Gasteiger partial charge in [-0.1, -0.05) is 11.6 Å². The topological polar surface area (TPSA) is 47.0 Å². The number of piperidine rings is 1. The molecule has 1 aromatic heterocycles. The molecule has 0 atom stereocenters. The molecule has 1 aromatic rings. The number of aromatic nitrogens is 2. The zero-order valence-corrected chi connectivity index (χ0v) is 8.50. The smallest absolute Gasteiger partial charge is 0.234 e. The van der Waals surface area contributed by atoms with Gasteiger partial charge >= 0.3 is 0 Å². The molecule has 4 nitrogen and oxygen atoms in total. The summed E-state index contributed by atoms with van der Waals surface area (Å²) in [7, 11) is 0. The van der Waals surface area contributed by atoms with E-state index in [1.54, 1.807) is 6.20 Å². The standard InChI is InChI=1S/C9H12ClN3O/c10-8-5-12-6-9(13-8)14-7-1-3-11-4-2-7/h5-7,11H,1-4H2. The lowest BCUT2D eigenvalue weighted by atomic mass is 10.1. The first-order valence-electron chi connectivity index (χ1n) is 4.69. The highest BCUT2D eigenvalue weighted by Gasteiger charge is 2.14. The van der Waals surface area contributed by atoms with Crippen molar-refractivity contribution >= 4 is 11.6 Å². The molecule has 1 N–H and O–H groups in total. The second-order valence-corrected chi connectivity index (χ2v) is 3.63. The van der Waals surface area contributed by atoms with Gasteiger partial charge in [-0.15, -0.1) is 0 Å². The summed E-state index contributed by atoms with van der Waals surface area (Å²) in [5, 5.41) is 3.64. The Morgan fingerprint density at radius 1 is 1.36 bits per heavy atom. The van der Waals surface area contributed by atoms with Crippen molar-refractivity contribution in [3.8, 4) is 5.88 Å². The minimum atomic E-state index is 0.240. The van der Waals surface area contributed by atoms with Gasteiger partial charge in [0.1, 0.15) is 6.10 Å². The maximum absolute atomic E-state index is 5.70. The lowest BCUT2D eigenvalue weighted by Crippen LogP contribution is -2.34. The van der Waals surface area contributed by atoms with Crippen LogP contribution in [-0.2, 0) is 0 Å². The van der Waals surface area contributed by atoms with Gasteiger partial charge in [0.05, 0.1) is 12.4 Å². The van der Waals surface area contributed by atoms with E-state index in [4.69, 9.17) is 16.3 Å². The molecular weight excluding hydrogens is 202 g/mol. The van der Waals surface area contributed by atoms with Gasteiger partial charge < -0.3 is 10.1 Å². The summed E-state index contributed by atoms with van der Waals surface area (Å²) < 4.78 is 5.64. The van der Waals surface area contributed by atoms with E-state index in [9.17, 15) is 0 Å². The van der Waals surface area contributed by atoms with Gasteiger partial charge in [-0.05, 0) is 25.9 Å². The second-order valence-electron chi connectivity index (χ2n) is 3.25. The number of rotatable bonds is 2. The SMILES string of the molecule is Clc1cncc(OC2CCNCC2)n1. The van der Waals surface area contributed by atoms with Crippen molar-refractivity contribution in [2.45, 2.75) is 18.9 Å². The minimum Gasteiger partial charge on any atom is -0.473 e. The van der Waals surface area contributed by atoms with E-state index in [0.717, 1.165) is 25.9 Å². The molecule has 2 heterocycles. The van der Waals surface area contributed by atoms with E-state index < -0.39 is 0 Å². The van der Waals surface area contributed by atoms with Crippen molar-refractivity contribution in [3.63, 3.8) is 0 Å². The summed E-state index contributed by atoms with van der Waals surface area (Å²) in [6, 6.07) is 0. The third-order valence-electron chi connectivity index (χ3n) is 2.16. The Bertz CT molecular complexity index is 302.